The third-order valence-electron chi connectivity index (χ3n) is 2.44. The van der Waals surface area contributed by atoms with Crippen LogP contribution < -0.4 is 9.47 Å². The van der Waals surface area contributed by atoms with Gasteiger partial charge >= 0.3 is 0 Å². The van der Waals surface area contributed by atoms with Crippen molar-refractivity contribution in [3.05, 3.63) is 42.5 Å². The molecule has 0 aromatic heterocycles. The minimum atomic E-state index is 0.818. The first-order valence-electron chi connectivity index (χ1n) is 4.99. The summed E-state index contributed by atoms with van der Waals surface area (Å²) >= 11 is 1.72. The van der Waals surface area contributed by atoms with Crippen LogP contribution in [-0.4, -0.2) is 7.11 Å². The second kappa shape index (κ2) is 3.76. The van der Waals surface area contributed by atoms with Crippen LogP contribution in [0.3, 0.4) is 0 Å². The fourth-order valence-electron chi connectivity index (χ4n) is 1.64. The molecule has 0 bridgehead atoms. The minimum absolute atomic E-state index is 0.818. The SMILES string of the molecule is COc1ccc2c(c1)Oc1ccccc1S2. The van der Waals surface area contributed by atoms with Crippen molar-refractivity contribution in [2.75, 3.05) is 7.11 Å². The number of ether oxygens (including phenoxy) is 2. The van der Waals surface area contributed by atoms with Crippen LogP contribution >= 0.6 is 11.8 Å². The first-order valence-corrected chi connectivity index (χ1v) is 5.81. The van der Waals surface area contributed by atoms with Crippen molar-refractivity contribution >= 4 is 11.8 Å². The number of rotatable bonds is 1. The second-order valence-corrected chi connectivity index (χ2v) is 4.55. The monoisotopic (exact) mass is 230 g/mol. The molecule has 16 heavy (non-hydrogen) atoms. The summed E-state index contributed by atoms with van der Waals surface area (Å²) in [5.41, 5.74) is 0. The van der Waals surface area contributed by atoms with Crippen LogP contribution in [0.4, 0.5) is 0 Å². The molecule has 0 amide bonds. The van der Waals surface area contributed by atoms with Crippen molar-refractivity contribution in [3.63, 3.8) is 0 Å². The summed E-state index contributed by atoms with van der Waals surface area (Å²) in [5, 5.41) is 0. The highest BCUT2D eigenvalue weighted by molar-refractivity contribution is 7.99. The zero-order chi connectivity index (χ0) is 11.0. The summed E-state index contributed by atoms with van der Waals surface area (Å²) in [7, 11) is 1.66. The number of hydrogen-bond acceptors (Lipinski definition) is 3. The molecule has 0 radical (unpaired) electrons. The van der Waals surface area contributed by atoms with E-state index in [9.17, 15) is 0 Å². The van der Waals surface area contributed by atoms with Crippen LogP contribution in [0.15, 0.2) is 52.3 Å². The van der Waals surface area contributed by atoms with Crippen LogP contribution in [0.25, 0.3) is 0 Å². The molecule has 1 heterocycles. The molecule has 0 spiro atoms. The average molecular weight is 230 g/mol. The number of para-hydroxylation sites is 1. The van der Waals surface area contributed by atoms with E-state index in [1.54, 1.807) is 18.9 Å². The maximum Gasteiger partial charge on any atom is 0.145 e. The van der Waals surface area contributed by atoms with Crippen molar-refractivity contribution in [2.45, 2.75) is 9.79 Å². The van der Waals surface area contributed by atoms with Crippen molar-refractivity contribution in [3.8, 4) is 17.2 Å². The van der Waals surface area contributed by atoms with E-state index < -0.39 is 0 Å². The lowest BCUT2D eigenvalue weighted by Gasteiger charge is -2.19. The molecule has 3 rings (SSSR count). The molecule has 0 aliphatic carbocycles. The summed E-state index contributed by atoms with van der Waals surface area (Å²) in [6.45, 7) is 0. The van der Waals surface area contributed by atoms with Crippen molar-refractivity contribution in [2.24, 2.45) is 0 Å². The van der Waals surface area contributed by atoms with E-state index in [1.807, 2.05) is 36.4 Å². The molecule has 0 saturated heterocycles. The molecule has 0 atom stereocenters. The van der Waals surface area contributed by atoms with E-state index in [0.717, 1.165) is 27.0 Å². The van der Waals surface area contributed by atoms with E-state index >= 15 is 0 Å². The average Bonchev–Trinajstić information content (AvgIpc) is 2.35. The van der Waals surface area contributed by atoms with Gasteiger partial charge in [0.1, 0.15) is 17.2 Å². The molecule has 80 valence electrons. The molecular weight excluding hydrogens is 220 g/mol. The Morgan fingerprint density at radius 2 is 1.81 bits per heavy atom. The van der Waals surface area contributed by atoms with Gasteiger partial charge in [0.05, 0.1) is 16.9 Å². The Labute approximate surface area is 98.2 Å². The second-order valence-electron chi connectivity index (χ2n) is 3.46. The highest BCUT2D eigenvalue weighted by atomic mass is 32.2. The largest absolute Gasteiger partial charge is 0.497 e. The molecule has 0 unspecified atom stereocenters. The molecule has 0 N–H and O–H groups in total. The quantitative estimate of drug-likeness (QED) is 0.630. The van der Waals surface area contributed by atoms with Gasteiger partial charge in [-0.2, -0.15) is 0 Å². The molecule has 1 aliphatic heterocycles. The molecule has 1 aliphatic rings. The first kappa shape index (κ1) is 9.60. The smallest absolute Gasteiger partial charge is 0.145 e. The van der Waals surface area contributed by atoms with Gasteiger partial charge in [-0.15, -0.1) is 0 Å². The van der Waals surface area contributed by atoms with E-state index in [0.29, 0.717) is 0 Å². The van der Waals surface area contributed by atoms with E-state index in [1.165, 1.54) is 0 Å². The van der Waals surface area contributed by atoms with Gasteiger partial charge in [-0.05, 0) is 24.3 Å². The van der Waals surface area contributed by atoms with Gasteiger partial charge < -0.3 is 9.47 Å². The number of hydrogen-bond donors (Lipinski definition) is 0. The lowest BCUT2D eigenvalue weighted by molar-refractivity contribution is 0.404. The molecule has 2 aromatic carbocycles. The summed E-state index contributed by atoms with van der Waals surface area (Å²) in [6.07, 6.45) is 0. The first-order chi connectivity index (χ1) is 7.86. The van der Waals surface area contributed by atoms with Gasteiger partial charge in [0, 0.05) is 6.07 Å². The number of methoxy groups -OCH3 is 1. The van der Waals surface area contributed by atoms with Crippen LogP contribution in [0.1, 0.15) is 0 Å². The fourth-order valence-corrected chi connectivity index (χ4v) is 2.57. The Bertz CT molecular complexity index is 537. The Balaban J connectivity index is 2.05. The standard InChI is InChI=1S/C13H10O2S/c1-14-9-6-7-13-11(8-9)15-10-4-2-3-5-12(10)16-13/h2-8H,1H3. The highest BCUT2D eigenvalue weighted by Gasteiger charge is 2.17. The maximum atomic E-state index is 5.82. The van der Waals surface area contributed by atoms with Crippen LogP contribution in [0.5, 0.6) is 17.2 Å². The Morgan fingerprint density at radius 3 is 2.69 bits per heavy atom. The third-order valence-corrected chi connectivity index (χ3v) is 3.55. The lowest BCUT2D eigenvalue weighted by atomic mass is 10.3. The Morgan fingerprint density at radius 1 is 1.00 bits per heavy atom. The molecule has 0 saturated carbocycles. The Kier molecular flexibility index (Phi) is 2.26. The third kappa shape index (κ3) is 1.53. The van der Waals surface area contributed by atoms with Crippen molar-refractivity contribution in [1.29, 1.82) is 0 Å². The van der Waals surface area contributed by atoms with Gasteiger partial charge in [-0.25, -0.2) is 0 Å². The zero-order valence-corrected chi connectivity index (χ0v) is 9.58. The summed E-state index contributed by atoms with van der Waals surface area (Å²) in [5.74, 6) is 2.59. The number of benzene rings is 2. The van der Waals surface area contributed by atoms with E-state index in [4.69, 9.17) is 9.47 Å². The maximum absolute atomic E-state index is 5.82. The molecule has 3 heteroatoms. The fraction of sp³-hybridized carbons (Fsp3) is 0.0769. The molecular formula is C13H10O2S. The number of fused-ring (bicyclic) bond motifs is 2. The van der Waals surface area contributed by atoms with Crippen molar-refractivity contribution < 1.29 is 9.47 Å². The van der Waals surface area contributed by atoms with E-state index in [-0.39, 0.29) is 0 Å². The van der Waals surface area contributed by atoms with Crippen molar-refractivity contribution in [1.82, 2.24) is 0 Å². The van der Waals surface area contributed by atoms with Gasteiger partial charge in [-0.1, -0.05) is 23.9 Å². The van der Waals surface area contributed by atoms with E-state index in [2.05, 4.69) is 6.07 Å². The van der Waals surface area contributed by atoms with Gasteiger partial charge in [0.2, 0.25) is 0 Å². The minimum Gasteiger partial charge on any atom is -0.497 e. The summed E-state index contributed by atoms with van der Waals surface area (Å²) in [4.78, 5) is 2.28. The van der Waals surface area contributed by atoms with Crippen LogP contribution in [-0.2, 0) is 0 Å². The predicted molar refractivity (Wildman–Crippen MR) is 63.6 cm³/mol. The van der Waals surface area contributed by atoms with Crippen LogP contribution in [0.2, 0.25) is 0 Å². The van der Waals surface area contributed by atoms with Gasteiger partial charge in [0.25, 0.3) is 0 Å². The summed E-state index contributed by atoms with van der Waals surface area (Å²) < 4.78 is 11.0. The topological polar surface area (TPSA) is 18.5 Å². The Hall–Kier alpha value is -1.61. The highest BCUT2D eigenvalue weighted by Crippen LogP contribution is 2.47. The molecule has 2 aromatic rings. The lowest BCUT2D eigenvalue weighted by Crippen LogP contribution is -1.95. The van der Waals surface area contributed by atoms with Gasteiger partial charge in [0.15, 0.2) is 0 Å². The zero-order valence-electron chi connectivity index (χ0n) is 8.77. The molecule has 0 fully saturated rings. The normalized spacial score (nSPS) is 12.3. The predicted octanol–water partition coefficient (Wildman–Crippen LogP) is 3.95. The summed E-state index contributed by atoms with van der Waals surface area (Å²) in [6, 6.07) is 13.9. The van der Waals surface area contributed by atoms with Crippen LogP contribution in [0, 0.1) is 0 Å². The molecule has 2 nitrogen and oxygen atoms in total. The van der Waals surface area contributed by atoms with Gasteiger partial charge in [-0.3, -0.25) is 0 Å².